The highest BCUT2D eigenvalue weighted by Gasteiger charge is 2.37. The molecule has 0 unspecified atom stereocenters. The molecule has 0 fully saturated rings. The Bertz CT molecular complexity index is 258. The lowest BCUT2D eigenvalue weighted by Gasteiger charge is -2.13. The summed E-state index contributed by atoms with van der Waals surface area (Å²) in [6.07, 6.45) is -7.82. The Balaban J connectivity index is 3.87. The van der Waals surface area contributed by atoms with Crippen LogP contribution >= 0.6 is 0 Å². The van der Waals surface area contributed by atoms with Gasteiger partial charge < -0.3 is 5.11 Å². The summed E-state index contributed by atoms with van der Waals surface area (Å²) < 4.78 is 57.0. The standard InChI is InChI=1S/C7H13F3O3S/c1-2-14(12,13)5-3-4-6(11)7(8,9)10/h6,11H,2-5H2,1H3/t6-/m0/s1. The van der Waals surface area contributed by atoms with E-state index in [1.54, 1.807) is 0 Å². The third-order valence-electron chi connectivity index (χ3n) is 1.75. The van der Waals surface area contributed by atoms with Gasteiger partial charge in [-0.25, -0.2) is 8.42 Å². The molecule has 0 radical (unpaired) electrons. The van der Waals surface area contributed by atoms with Crippen molar-refractivity contribution in [1.82, 2.24) is 0 Å². The van der Waals surface area contributed by atoms with E-state index in [1.807, 2.05) is 0 Å². The monoisotopic (exact) mass is 234 g/mol. The molecule has 0 rings (SSSR count). The minimum Gasteiger partial charge on any atom is -0.384 e. The molecule has 0 saturated heterocycles. The molecule has 0 aliphatic rings. The smallest absolute Gasteiger partial charge is 0.384 e. The van der Waals surface area contributed by atoms with Crippen LogP contribution in [0.3, 0.4) is 0 Å². The average Bonchev–Trinajstić information content (AvgIpc) is 2.02. The van der Waals surface area contributed by atoms with Crippen LogP contribution in [0.5, 0.6) is 0 Å². The van der Waals surface area contributed by atoms with Gasteiger partial charge in [-0.15, -0.1) is 0 Å². The number of hydrogen-bond donors (Lipinski definition) is 1. The molecule has 0 aliphatic carbocycles. The Labute approximate surface area is 80.8 Å². The average molecular weight is 234 g/mol. The highest BCUT2D eigenvalue weighted by molar-refractivity contribution is 7.91. The van der Waals surface area contributed by atoms with E-state index in [1.165, 1.54) is 6.92 Å². The summed E-state index contributed by atoms with van der Waals surface area (Å²) >= 11 is 0. The van der Waals surface area contributed by atoms with Gasteiger partial charge in [0, 0.05) is 5.75 Å². The number of aliphatic hydroxyl groups is 1. The molecule has 0 aromatic heterocycles. The third-order valence-corrected chi connectivity index (χ3v) is 3.54. The molecular formula is C7H13F3O3S. The summed E-state index contributed by atoms with van der Waals surface area (Å²) in [7, 11) is -3.24. The normalized spacial score (nSPS) is 15.5. The number of halogens is 3. The number of aliphatic hydroxyl groups excluding tert-OH is 1. The predicted octanol–water partition coefficient (Wildman–Crippen LogP) is 1.12. The third kappa shape index (κ3) is 5.43. The van der Waals surface area contributed by atoms with Crippen molar-refractivity contribution in [1.29, 1.82) is 0 Å². The molecule has 0 bridgehead atoms. The molecule has 0 aromatic carbocycles. The number of alkyl halides is 3. The predicted molar refractivity (Wildman–Crippen MR) is 45.6 cm³/mol. The number of hydrogen-bond acceptors (Lipinski definition) is 3. The van der Waals surface area contributed by atoms with Crippen molar-refractivity contribution in [2.75, 3.05) is 11.5 Å². The molecule has 0 amide bonds. The molecule has 86 valence electrons. The van der Waals surface area contributed by atoms with E-state index < -0.39 is 28.5 Å². The lowest BCUT2D eigenvalue weighted by Crippen LogP contribution is -2.28. The van der Waals surface area contributed by atoms with E-state index in [0.29, 0.717) is 0 Å². The maximum atomic E-state index is 11.8. The highest BCUT2D eigenvalue weighted by Crippen LogP contribution is 2.23. The fraction of sp³-hybridized carbons (Fsp3) is 1.00. The van der Waals surface area contributed by atoms with E-state index in [4.69, 9.17) is 5.11 Å². The minimum absolute atomic E-state index is 0.0882. The number of rotatable bonds is 5. The molecule has 0 heterocycles. The molecule has 0 aromatic rings. The second-order valence-corrected chi connectivity index (χ2v) is 5.41. The van der Waals surface area contributed by atoms with Gasteiger partial charge in [0.2, 0.25) is 0 Å². The molecule has 0 saturated carbocycles. The van der Waals surface area contributed by atoms with Crippen LogP contribution in [-0.2, 0) is 9.84 Å². The van der Waals surface area contributed by atoms with Gasteiger partial charge in [0.05, 0.1) is 5.75 Å². The topological polar surface area (TPSA) is 54.4 Å². The summed E-state index contributed by atoms with van der Waals surface area (Å²) in [6, 6.07) is 0. The van der Waals surface area contributed by atoms with Crippen molar-refractivity contribution in [3.05, 3.63) is 0 Å². The van der Waals surface area contributed by atoms with Crippen molar-refractivity contribution >= 4 is 9.84 Å². The first-order valence-electron chi connectivity index (χ1n) is 4.14. The largest absolute Gasteiger partial charge is 0.414 e. The molecule has 14 heavy (non-hydrogen) atoms. The lowest BCUT2D eigenvalue weighted by molar-refractivity contribution is -0.205. The summed E-state index contributed by atoms with van der Waals surface area (Å²) in [4.78, 5) is 0. The van der Waals surface area contributed by atoms with E-state index in [9.17, 15) is 21.6 Å². The Morgan fingerprint density at radius 3 is 2.21 bits per heavy atom. The molecule has 1 N–H and O–H groups in total. The molecular weight excluding hydrogens is 221 g/mol. The van der Waals surface area contributed by atoms with Crippen LogP contribution < -0.4 is 0 Å². The van der Waals surface area contributed by atoms with Gasteiger partial charge in [0.15, 0.2) is 0 Å². The van der Waals surface area contributed by atoms with Gasteiger partial charge in [-0.3, -0.25) is 0 Å². The van der Waals surface area contributed by atoms with E-state index in [-0.39, 0.29) is 17.9 Å². The first-order valence-corrected chi connectivity index (χ1v) is 5.96. The Morgan fingerprint density at radius 1 is 1.36 bits per heavy atom. The second-order valence-electron chi connectivity index (χ2n) is 2.94. The first kappa shape index (κ1) is 13.7. The molecule has 7 heteroatoms. The Morgan fingerprint density at radius 2 is 1.86 bits per heavy atom. The van der Waals surface area contributed by atoms with Gasteiger partial charge in [0.25, 0.3) is 0 Å². The van der Waals surface area contributed by atoms with Gasteiger partial charge in [-0.1, -0.05) is 6.92 Å². The molecule has 1 atom stereocenters. The van der Waals surface area contributed by atoms with Gasteiger partial charge >= 0.3 is 6.18 Å². The van der Waals surface area contributed by atoms with Crippen molar-refractivity contribution in [2.24, 2.45) is 0 Å². The highest BCUT2D eigenvalue weighted by atomic mass is 32.2. The first-order chi connectivity index (χ1) is 6.19. The summed E-state index contributed by atoms with van der Waals surface area (Å²) in [5, 5.41) is 8.54. The Hall–Kier alpha value is -0.300. The molecule has 0 spiro atoms. The van der Waals surface area contributed by atoms with Gasteiger partial charge in [0.1, 0.15) is 15.9 Å². The van der Waals surface area contributed by atoms with Crippen LogP contribution in [0, 0.1) is 0 Å². The maximum Gasteiger partial charge on any atom is 0.414 e. The minimum atomic E-state index is -4.66. The maximum absolute atomic E-state index is 11.8. The summed E-state index contributed by atoms with van der Waals surface area (Å²) in [5.41, 5.74) is 0. The van der Waals surface area contributed by atoms with Crippen molar-refractivity contribution in [2.45, 2.75) is 32.0 Å². The van der Waals surface area contributed by atoms with Crippen LogP contribution in [-0.4, -0.2) is 37.3 Å². The van der Waals surface area contributed by atoms with Crippen molar-refractivity contribution in [3.8, 4) is 0 Å². The van der Waals surface area contributed by atoms with Gasteiger partial charge in [-0.2, -0.15) is 13.2 Å². The summed E-state index contributed by atoms with van der Waals surface area (Å²) in [5.74, 6) is -0.397. The second kappa shape index (κ2) is 4.97. The van der Waals surface area contributed by atoms with Crippen LogP contribution in [0.1, 0.15) is 19.8 Å². The van der Waals surface area contributed by atoms with E-state index in [2.05, 4.69) is 0 Å². The van der Waals surface area contributed by atoms with Crippen molar-refractivity contribution < 1.29 is 26.7 Å². The zero-order chi connectivity index (χ0) is 11.4. The van der Waals surface area contributed by atoms with Gasteiger partial charge in [-0.05, 0) is 12.8 Å². The molecule has 3 nitrogen and oxygen atoms in total. The van der Waals surface area contributed by atoms with Crippen LogP contribution in [0.2, 0.25) is 0 Å². The quantitative estimate of drug-likeness (QED) is 0.775. The van der Waals surface area contributed by atoms with Crippen LogP contribution in [0.15, 0.2) is 0 Å². The fourth-order valence-electron chi connectivity index (χ4n) is 0.805. The zero-order valence-corrected chi connectivity index (χ0v) is 8.53. The SMILES string of the molecule is CCS(=O)(=O)CCC[C@H](O)C(F)(F)F. The lowest BCUT2D eigenvalue weighted by atomic mass is 10.2. The summed E-state index contributed by atoms with van der Waals surface area (Å²) in [6.45, 7) is 1.43. The fourth-order valence-corrected chi connectivity index (χ4v) is 1.70. The van der Waals surface area contributed by atoms with Crippen LogP contribution in [0.4, 0.5) is 13.2 Å². The van der Waals surface area contributed by atoms with Crippen LogP contribution in [0.25, 0.3) is 0 Å². The number of sulfone groups is 1. The molecule has 0 aliphatic heterocycles. The zero-order valence-electron chi connectivity index (χ0n) is 7.71. The Kier molecular flexibility index (Phi) is 4.87. The van der Waals surface area contributed by atoms with E-state index in [0.717, 1.165) is 0 Å². The van der Waals surface area contributed by atoms with Crippen molar-refractivity contribution in [3.63, 3.8) is 0 Å². The van der Waals surface area contributed by atoms with E-state index >= 15 is 0 Å².